The zero-order valence-electron chi connectivity index (χ0n) is 15.5. The van der Waals surface area contributed by atoms with Crippen molar-refractivity contribution in [1.29, 1.82) is 0 Å². The van der Waals surface area contributed by atoms with Crippen LogP contribution in [0.15, 0.2) is 54.1 Å². The van der Waals surface area contributed by atoms with E-state index in [1.54, 1.807) is 30.3 Å². The fraction of sp³-hybridized carbons (Fsp3) is 0.273. The molecule has 2 aromatic rings. The van der Waals surface area contributed by atoms with E-state index < -0.39 is 23.5 Å². The lowest BCUT2D eigenvalue weighted by atomic mass is 9.95. The van der Waals surface area contributed by atoms with Crippen molar-refractivity contribution in [2.45, 2.75) is 25.0 Å². The Morgan fingerprint density at radius 1 is 1.17 bits per heavy atom. The maximum absolute atomic E-state index is 14.7. The molecule has 2 saturated heterocycles. The minimum atomic E-state index is -1.03. The number of likely N-dealkylation sites (tertiary alicyclic amines) is 1. The van der Waals surface area contributed by atoms with E-state index in [1.807, 2.05) is 0 Å². The number of amides is 1. The predicted molar refractivity (Wildman–Crippen MR) is 106 cm³/mol. The van der Waals surface area contributed by atoms with Crippen LogP contribution in [-0.4, -0.2) is 41.0 Å². The average Bonchev–Trinajstić information content (AvgIpc) is 3.31. The van der Waals surface area contributed by atoms with E-state index in [2.05, 4.69) is 0 Å². The minimum Gasteiger partial charge on any atom is -0.507 e. The summed E-state index contributed by atoms with van der Waals surface area (Å²) in [6, 6.07) is 11.1. The molecule has 0 radical (unpaired) electrons. The van der Waals surface area contributed by atoms with E-state index in [0.717, 1.165) is 12.8 Å². The van der Waals surface area contributed by atoms with Crippen molar-refractivity contribution < 1.29 is 23.8 Å². The van der Waals surface area contributed by atoms with Crippen molar-refractivity contribution in [2.24, 2.45) is 0 Å². The van der Waals surface area contributed by atoms with Gasteiger partial charge in [0.1, 0.15) is 11.6 Å². The van der Waals surface area contributed by atoms with E-state index >= 15 is 0 Å². The Bertz CT molecular complexity index is 983. The Morgan fingerprint density at radius 2 is 1.90 bits per heavy atom. The molecule has 0 unspecified atom stereocenters. The molecule has 7 heteroatoms. The second-order valence-corrected chi connectivity index (χ2v) is 7.55. The summed E-state index contributed by atoms with van der Waals surface area (Å²) in [5, 5.41) is 11.3. The van der Waals surface area contributed by atoms with Gasteiger partial charge in [-0.3, -0.25) is 9.59 Å². The van der Waals surface area contributed by atoms with Gasteiger partial charge in [0.15, 0.2) is 0 Å². The molecule has 1 N–H and O–H groups in total. The monoisotopic (exact) mass is 415 g/mol. The Kier molecular flexibility index (Phi) is 5.39. The van der Waals surface area contributed by atoms with Crippen LogP contribution in [0.25, 0.3) is 5.76 Å². The summed E-state index contributed by atoms with van der Waals surface area (Å²) in [4.78, 5) is 27.0. The van der Waals surface area contributed by atoms with Crippen molar-refractivity contribution in [1.82, 2.24) is 4.90 Å². The van der Waals surface area contributed by atoms with Crippen LogP contribution in [-0.2, 0) is 14.3 Å². The molecular weight excluding hydrogens is 397 g/mol. The zero-order valence-corrected chi connectivity index (χ0v) is 16.2. The highest BCUT2D eigenvalue weighted by molar-refractivity contribution is 6.46. The number of ether oxygens (including phenoxy) is 1. The van der Waals surface area contributed by atoms with E-state index in [-0.39, 0.29) is 29.5 Å². The van der Waals surface area contributed by atoms with Gasteiger partial charge in [-0.1, -0.05) is 29.8 Å². The van der Waals surface area contributed by atoms with Gasteiger partial charge in [-0.15, -0.1) is 0 Å². The molecule has 2 heterocycles. The molecule has 0 spiro atoms. The fourth-order valence-corrected chi connectivity index (χ4v) is 3.99. The third kappa shape index (κ3) is 3.66. The lowest BCUT2D eigenvalue weighted by molar-refractivity contribution is -0.140. The number of benzene rings is 2. The van der Waals surface area contributed by atoms with Gasteiger partial charge in [0, 0.05) is 29.3 Å². The summed E-state index contributed by atoms with van der Waals surface area (Å²) in [7, 11) is 0. The lowest BCUT2D eigenvalue weighted by Gasteiger charge is -2.27. The molecule has 2 atom stereocenters. The highest BCUT2D eigenvalue weighted by atomic mass is 35.5. The molecule has 4 rings (SSSR count). The van der Waals surface area contributed by atoms with E-state index in [9.17, 15) is 19.1 Å². The first-order chi connectivity index (χ1) is 14.0. The number of hydrogen-bond acceptors (Lipinski definition) is 4. The highest BCUT2D eigenvalue weighted by Gasteiger charge is 2.47. The first-order valence-corrected chi connectivity index (χ1v) is 9.75. The number of rotatable bonds is 4. The van der Waals surface area contributed by atoms with Crippen LogP contribution in [0.5, 0.6) is 0 Å². The number of aliphatic hydroxyl groups excluding tert-OH is 1. The van der Waals surface area contributed by atoms with Gasteiger partial charge < -0.3 is 14.7 Å². The van der Waals surface area contributed by atoms with E-state index in [4.69, 9.17) is 16.3 Å². The molecule has 2 aliphatic rings. The highest BCUT2D eigenvalue weighted by Crippen LogP contribution is 2.41. The predicted octanol–water partition coefficient (Wildman–Crippen LogP) is 4.08. The molecule has 0 aliphatic carbocycles. The Balaban J connectivity index is 1.84. The average molecular weight is 416 g/mol. The third-order valence-electron chi connectivity index (χ3n) is 5.28. The van der Waals surface area contributed by atoms with Gasteiger partial charge >= 0.3 is 0 Å². The SMILES string of the molecule is O=C1C(=O)N(C[C@H]2CCCO2)[C@@H](c2ccccc2F)C1=C(O)c1ccc(Cl)cc1. The first-order valence-electron chi connectivity index (χ1n) is 9.37. The number of nitrogens with zero attached hydrogens (tertiary/aromatic N) is 1. The van der Waals surface area contributed by atoms with Crippen molar-refractivity contribution in [2.75, 3.05) is 13.2 Å². The Labute approximate surface area is 172 Å². The summed E-state index contributed by atoms with van der Waals surface area (Å²) >= 11 is 5.90. The maximum atomic E-state index is 14.7. The molecular formula is C22H19ClFNO4. The number of carbonyl (C=O) groups is 2. The number of aliphatic hydroxyl groups is 1. The molecule has 5 nitrogen and oxygen atoms in total. The molecule has 0 bridgehead atoms. The number of halogens is 2. The van der Waals surface area contributed by atoms with E-state index in [1.165, 1.54) is 23.1 Å². The van der Waals surface area contributed by atoms with Crippen molar-refractivity contribution in [3.05, 3.63) is 76.1 Å². The molecule has 150 valence electrons. The van der Waals surface area contributed by atoms with Crippen LogP contribution < -0.4 is 0 Å². The standard InChI is InChI=1S/C22H19ClFNO4/c23-14-9-7-13(8-10-14)20(26)18-19(16-5-1-2-6-17(16)24)25(22(28)21(18)27)12-15-4-3-11-29-15/h1-2,5-10,15,19,26H,3-4,11-12H2/t15-,19+/m1/s1. The summed E-state index contributed by atoms with van der Waals surface area (Å²) in [6.07, 6.45) is 1.39. The first kappa shape index (κ1) is 19.6. The van der Waals surface area contributed by atoms with Crippen LogP contribution >= 0.6 is 11.6 Å². The number of Topliss-reactive ketones (excluding diaryl/α,β-unsaturated/α-hetero) is 1. The zero-order chi connectivity index (χ0) is 20.5. The quantitative estimate of drug-likeness (QED) is 0.464. The lowest BCUT2D eigenvalue weighted by Crippen LogP contribution is -2.36. The number of ketones is 1. The number of carbonyl (C=O) groups excluding carboxylic acids is 2. The van der Waals surface area contributed by atoms with Crippen LogP contribution in [0.1, 0.15) is 30.0 Å². The summed E-state index contributed by atoms with van der Waals surface area (Å²) in [5.74, 6) is -2.53. The van der Waals surface area contributed by atoms with Gasteiger partial charge in [0.05, 0.1) is 17.7 Å². The summed E-state index contributed by atoms with van der Waals surface area (Å²) in [5.41, 5.74) is 0.339. The molecule has 29 heavy (non-hydrogen) atoms. The second kappa shape index (κ2) is 7.97. The van der Waals surface area contributed by atoms with Gasteiger partial charge in [-0.25, -0.2) is 4.39 Å². The van der Waals surface area contributed by atoms with Gasteiger partial charge in [0.2, 0.25) is 0 Å². The topological polar surface area (TPSA) is 66.8 Å². The molecule has 0 saturated carbocycles. The van der Waals surface area contributed by atoms with Gasteiger partial charge in [-0.05, 0) is 43.2 Å². The fourth-order valence-electron chi connectivity index (χ4n) is 3.86. The maximum Gasteiger partial charge on any atom is 0.295 e. The number of hydrogen-bond donors (Lipinski definition) is 1. The van der Waals surface area contributed by atoms with Gasteiger partial charge in [0.25, 0.3) is 11.7 Å². The minimum absolute atomic E-state index is 0.139. The summed E-state index contributed by atoms with van der Waals surface area (Å²) < 4.78 is 20.3. The van der Waals surface area contributed by atoms with Crippen molar-refractivity contribution in [3.8, 4) is 0 Å². The summed E-state index contributed by atoms with van der Waals surface area (Å²) in [6.45, 7) is 0.741. The molecule has 2 aliphatic heterocycles. The molecule has 0 aromatic heterocycles. The van der Waals surface area contributed by atoms with Crippen LogP contribution in [0.4, 0.5) is 4.39 Å². The van der Waals surface area contributed by atoms with Crippen LogP contribution in [0.3, 0.4) is 0 Å². The second-order valence-electron chi connectivity index (χ2n) is 7.11. The van der Waals surface area contributed by atoms with Crippen LogP contribution in [0.2, 0.25) is 5.02 Å². The largest absolute Gasteiger partial charge is 0.507 e. The van der Waals surface area contributed by atoms with Crippen molar-refractivity contribution in [3.63, 3.8) is 0 Å². The molecule has 2 aromatic carbocycles. The van der Waals surface area contributed by atoms with Crippen molar-refractivity contribution >= 4 is 29.1 Å². The van der Waals surface area contributed by atoms with E-state index in [0.29, 0.717) is 17.2 Å². The smallest absolute Gasteiger partial charge is 0.295 e. The van der Waals surface area contributed by atoms with Gasteiger partial charge in [-0.2, -0.15) is 0 Å². The van der Waals surface area contributed by atoms with Crippen LogP contribution in [0, 0.1) is 5.82 Å². The Hall–Kier alpha value is -2.70. The molecule has 2 fully saturated rings. The Morgan fingerprint density at radius 3 is 2.55 bits per heavy atom. The molecule has 1 amide bonds. The normalized spacial score (nSPS) is 23.7. The third-order valence-corrected chi connectivity index (χ3v) is 5.53.